The fourth-order valence-electron chi connectivity index (χ4n) is 3.22. The molecule has 28 heavy (non-hydrogen) atoms. The van der Waals surface area contributed by atoms with Crippen LogP contribution in [0.15, 0.2) is 42.6 Å². The van der Waals surface area contributed by atoms with E-state index in [2.05, 4.69) is 4.98 Å². The van der Waals surface area contributed by atoms with Crippen molar-refractivity contribution in [2.45, 2.75) is 32.3 Å². The minimum absolute atomic E-state index is 0.187. The molecule has 3 aromatic rings. The molecular weight excluding hydrogens is 356 g/mol. The first-order valence-corrected chi connectivity index (χ1v) is 9.37. The van der Waals surface area contributed by atoms with E-state index in [4.69, 9.17) is 19.9 Å². The molecule has 3 N–H and O–H groups in total. The van der Waals surface area contributed by atoms with Crippen LogP contribution in [0.3, 0.4) is 0 Å². The standard InChI is InChI=1S/C22H24N2O4/c1-22(2,25)13-27-19-12-17-20(21-16(19)4-3-11-26-21)18(9-10-24-17)28-15-7-5-14(23)6-8-15/h5-10,12,25H,3-4,11,13,23H2,1-2H3. The first kappa shape index (κ1) is 18.4. The Morgan fingerprint density at radius 2 is 1.96 bits per heavy atom. The fraction of sp³-hybridized carbons (Fsp3) is 0.318. The van der Waals surface area contributed by atoms with Gasteiger partial charge < -0.3 is 25.1 Å². The quantitative estimate of drug-likeness (QED) is 0.649. The molecule has 1 aliphatic rings. The largest absolute Gasteiger partial charge is 0.492 e. The van der Waals surface area contributed by atoms with Crippen LogP contribution >= 0.6 is 0 Å². The monoisotopic (exact) mass is 380 g/mol. The number of rotatable bonds is 5. The summed E-state index contributed by atoms with van der Waals surface area (Å²) in [7, 11) is 0. The van der Waals surface area contributed by atoms with Crippen molar-refractivity contribution < 1.29 is 19.3 Å². The highest BCUT2D eigenvalue weighted by molar-refractivity contribution is 5.94. The molecule has 0 spiro atoms. The summed E-state index contributed by atoms with van der Waals surface area (Å²) >= 11 is 0. The molecule has 6 heteroatoms. The smallest absolute Gasteiger partial charge is 0.142 e. The molecule has 0 atom stereocenters. The van der Waals surface area contributed by atoms with Crippen molar-refractivity contribution in [3.63, 3.8) is 0 Å². The zero-order valence-corrected chi connectivity index (χ0v) is 16.1. The number of benzene rings is 2. The van der Waals surface area contributed by atoms with E-state index in [0.717, 1.165) is 35.1 Å². The summed E-state index contributed by atoms with van der Waals surface area (Å²) < 4.78 is 18.1. The lowest BCUT2D eigenvalue weighted by molar-refractivity contribution is 0.0279. The van der Waals surface area contributed by atoms with Crippen molar-refractivity contribution in [3.05, 3.63) is 48.2 Å². The molecule has 0 fully saturated rings. The van der Waals surface area contributed by atoms with Crippen LogP contribution in [0.25, 0.3) is 10.9 Å². The maximum atomic E-state index is 10.0. The number of hydrogen-bond acceptors (Lipinski definition) is 6. The lowest BCUT2D eigenvalue weighted by Gasteiger charge is -2.25. The number of aliphatic hydroxyl groups is 1. The van der Waals surface area contributed by atoms with Gasteiger partial charge in [-0.3, -0.25) is 4.98 Å². The molecule has 0 saturated heterocycles. The van der Waals surface area contributed by atoms with Gasteiger partial charge in [0.15, 0.2) is 0 Å². The van der Waals surface area contributed by atoms with Crippen LogP contribution in [0.5, 0.6) is 23.0 Å². The first-order chi connectivity index (χ1) is 13.4. The van der Waals surface area contributed by atoms with E-state index in [9.17, 15) is 5.11 Å². The van der Waals surface area contributed by atoms with Gasteiger partial charge in [-0.1, -0.05) is 0 Å². The average molecular weight is 380 g/mol. The number of aromatic nitrogens is 1. The maximum absolute atomic E-state index is 10.0. The molecule has 0 bridgehead atoms. The fourth-order valence-corrected chi connectivity index (χ4v) is 3.22. The van der Waals surface area contributed by atoms with Crippen molar-refractivity contribution in [1.29, 1.82) is 0 Å². The highest BCUT2D eigenvalue weighted by Crippen LogP contribution is 2.44. The van der Waals surface area contributed by atoms with Crippen molar-refractivity contribution in [2.24, 2.45) is 0 Å². The number of anilines is 1. The lowest BCUT2D eigenvalue weighted by atomic mass is 10.0. The third kappa shape index (κ3) is 3.82. The van der Waals surface area contributed by atoms with E-state index in [1.165, 1.54) is 0 Å². The van der Waals surface area contributed by atoms with Crippen LogP contribution in [-0.2, 0) is 6.42 Å². The number of pyridine rings is 1. The number of nitrogen functional groups attached to an aromatic ring is 1. The molecule has 0 radical (unpaired) electrons. The molecule has 146 valence electrons. The topological polar surface area (TPSA) is 86.8 Å². The van der Waals surface area contributed by atoms with E-state index < -0.39 is 5.60 Å². The summed E-state index contributed by atoms with van der Waals surface area (Å²) in [6, 6.07) is 11.0. The van der Waals surface area contributed by atoms with Crippen molar-refractivity contribution in [2.75, 3.05) is 18.9 Å². The normalized spacial score (nSPS) is 13.7. The van der Waals surface area contributed by atoms with Gasteiger partial charge in [0.25, 0.3) is 0 Å². The zero-order valence-electron chi connectivity index (χ0n) is 16.1. The number of fused-ring (bicyclic) bond motifs is 3. The van der Waals surface area contributed by atoms with Gasteiger partial charge in [0.05, 0.1) is 23.1 Å². The second kappa shape index (κ2) is 7.20. The van der Waals surface area contributed by atoms with E-state index in [1.807, 2.05) is 24.3 Å². The molecule has 1 aromatic heterocycles. The van der Waals surface area contributed by atoms with Gasteiger partial charge >= 0.3 is 0 Å². The summed E-state index contributed by atoms with van der Waals surface area (Å²) in [5.74, 6) is 2.80. The second-order valence-electron chi connectivity index (χ2n) is 7.61. The molecule has 0 aliphatic carbocycles. The van der Waals surface area contributed by atoms with Gasteiger partial charge in [-0.25, -0.2) is 0 Å². The van der Waals surface area contributed by atoms with Gasteiger partial charge in [0.1, 0.15) is 29.6 Å². The molecule has 1 aliphatic heterocycles. The molecule has 4 rings (SSSR count). The van der Waals surface area contributed by atoms with E-state index in [-0.39, 0.29) is 6.61 Å². The minimum atomic E-state index is -0.926. The summed E-state index contributed by atoms with van der Waals surface area (Å²) in [6.45, 7) is 4.25. The Bertz CT molecular complexity index is 994. The van der Waals surface area contributed by atoms with Crippen LogP contribution in [0, 0.1) is 0 Å². The zero-order chi connectivity index (χ0) is 19.7. The Labute approximate surface area is 163 Å². The van der Waals surface area contributed by atoms with Crippen molar-refractivity contribution in [3.8, 4) is 23.0 Å². The number of ether oxygens (including phenoxy) is 3. The lowest BCUT2D eigenvalue weighted by Crippen LogP contribution is -2.28. The highest BCUT2D eigenvalue weighted by atomic mass is 16.5. The first-order valence-electron chi connectivity index (χ1n) is 9.37. The molecule has 2 aromatic carbocycles. The predicted molar refractivity (Wildman–Crippen MR) is 108 cm³/mol. The molecule has 0 amide bonds. The van der Waals surface area contributed by atoms with Gasteiger partial charge in [0, 0.05) is 23.5 Å². The van der Waals surface area contributed by atoms with Gasteiger partial charge in [0.2, 0.25) is 0 Å². The maximum Gasteiger partial charge on any atom is 0.142 e. The molecule has 6 nitrogen and oxygen atoms in total. The second-order valence-corrected chi connectivity index (χ2v) is 7.61. The molecular formula is C22H24N2O4. The van der Waals surface area contributed by atoms with Crippen LogP contribution < -0.4 is 19.9 Å². The van der Waals surface area contributed by atoms with E-state index in [1.54, 1.807) is 32.2 Å². The number of nitrogens with two attached hydrogens (primary N) is 1. The Morgan fingerprint density at radius 1 is 1.18 bits per heavy atom. The minimum Gasteiger partial charge on any atom is -0.492 e. The Hall–Kier alpha value is -2.99. The third-order valence-electron chi connectivity index (χ3n) is 4.51. The van der Waals surface area contributed by atoms with Crippen LogP contribution in [-0.4, -0.2) is 28.9 Å². The van der Waals surface area contributed by atoms with E-state index >= 15 is 0 Å². The van der Waals surface area contributed by atoms with Crippen molar-refractivity contribution in [1.82, 2.24) is 4.98 Å². The van der Waals surface area contributed by atoms with Gasteiger partial charge in [-0.15, -0.1) is 0 Å². The third-order valence-corrected chi connectivity index (χ3v) is 4.51. The molecule has 0 saturated carbocycles. The Balaban J connectivity index is 1.79. The summed E-state index contributed by atoms with van der Waals surface area (Å²) in [5, 5.41) is 10.8. The van der Waals surface area contributed by atoms with Crippen LogP contribution in [0.2, 0.25) is 0 Å². The molecule has 2 heterocycles. The van der Waals surface area contributed by atoms with E-state index in [0.29, 0.717) is 29.5 Å². The summed E-state index contributed by atoms with van der Waals surface area (Å²) in [5.41, 5.74) is 7.22. The number of hydrogen-bond donors (Lipinski definition) is 2. The average Bonchev–Trinajstić information content (AvgIpc) is 2.67. The highest BCUT2D eigenvalue weighted by Gasteiger charge is 2.24. The predicted octanol–water partition coefficient (Wildman–Crippen LogP) is 4.08. The van der Waals surface area contributed by atoms with Crippen molar-refractivity contribution >= 4 is 16.6 Å². The SMILES string of the molecule is CC(C)(O)COc1cc2nccc(Oc3ccc(N)cc3)c2c2c1CCCO2. The molecule has 0 unspecified atom stereocenters. The van der Waals surface area contributed by atoms with Gasteiger partial charge in [-0.2, -0.15) is 0 Å². The Kier molecular flexibility index (Phi) is 4.73. The van der Waals surface area contributed by atoms with Crippen LogP contribution in [0.1, 0.15) is 25.8 Å². The number of nitrogens with zero attached hydrogens (tertiary/aromatic N) is 1. The Morgan fingerprint density at radius 3 is 2.71 bits per heavy atom. The summed E-state index contributed by atoms with van der Waals surface area (Å²) in [4.78, 5) is 4.49. The summed E-state index contributed by atoms with van der Waals surface area (Å²) in [6.07, 6.45) is 3.44. The van der Waals surface area contributed by atoms with Crippen LogP contribution in [0.4, 0.5) is 5.69 Å². The van der Waals surface area contributed by atoms with Gasteiger partial charge in [-0.05, 0) is 57.0 Å².